The van der Waals surface area contributed by atoms with E-state index < -0.39 is 9.84 Å². The number of rotatable bonds is 2. The topological polar surface area (TPSA) is 59.9 Å². The van der Waals surface area contributed by atoms with Crippen LogP contribution in [-0.2, 0) is 15.2 Å². The summed E-state index contributed by atoms with van der Waals surface area (Å²) >= 11 is 3.25. The third kappa shape index (κ3) is 2.47. The fourth-order valence-electron chi connectivity index (χ4n) is 0.781. The van der Waals surface area contributed by atoms with Gasteiger partial charge in [0.1, 0.15) is 0 Å². The maximum absolute atomic E-state index is 11.0. The molecular formula is C7H9BrN2O2S. The second kappa shape index (κ2) is 3.71. The van der Waals surface area contributed by atoms with Crippen LogP contribution < -0.4 is 0 Å². The zero-order valence-electron chi connectivity index (χ0n) is 7.28. The number of hydrogen-bond acceptors (Lipinski definition) is 4. The molecule has 1 aromatic heterocycles. The van der Waals surface area contributed by atoms with Crippen LogP contribution in [-0.4, -0.2) is 24.6 Å². The summed E-state index contributed by atoms with van der Waals surface area (Å²) in [6.07, 6.45) is 2.61. The van der Waals surface area contributed by atoms with E-state index in [2.05, 4.69) is 25.9 Å². The Balaban J connectivity index is 3.26. The summed E-state index contributed by atoms with van der Waals surface area (Å²) in [5.41, 5.74) is 1.58. The van der Waals surface area contributed by atoms with Gasteiger partial charge >= 0.3 is 0 Å². The Morgan fingerprint density at radius 1 is 1.54 bits per heavy atom. The van der Waals surface area contributed by atoms with Crippen LogP contribution >= 0.6 is 15.9 Å². The van der Waals surface area contributed by atoms with Crippen LogP contribution in [0.1, 0.15) is 11.3 Å². The molecule has 0 fully saturated rings. The summed E-state index contributed by atoms with van der Waals surface area (Å²) in [6, 6.07) is 0. The van der Waals surface area contributed by atoms with Crippen LogP contribution in [0.2, 0.25) is 0 Å². The first kappa shape index (κ1) is 10.6. The smallest absolute Gasteiger partial charge is 0.227 e. The molecule has 4 nitrogen and oxygen atoms in total. The van der Waals surface area contributed by atoms with Crippen molar-refractivity contribution in [3.05, 3.63) is 17.5 Å². The van der Waals surface area contributed by atoms with Crippen LogP contribution in [0.25, 0.3) is 0 Å². The second-order valence-electron chi connectivity index (χ2n) is 2.67. The van der Waals surface area contributed by atoms with Gasteiger partial charge in [-0.3, -0.25) is 0 Å². The lowest BCUT2D eigenvalue weighted by atomic mass is 10.3. The van der Waals surface area contributed by atoms with Gasteiger partial charge in [0.2, 0.25) is 15.0 Å². The Bertz CT molecular complexity index is 417. The van der Waals surface area contributed by atoms with Crippen LogP contribution in [0, 0.1) is 6.92 Å². The number of aromatic nitrogens is 2. The average Bonchev–Trinajstić information content (AvgIpc) is 2.02. The van der Waals surface area contributed by atoms with Gasteiger partial charge < -0.3 is 0 Å². The van der Waals surface area contributed by atoms with Crippen molar-refractivity contribution in [3.8, 4) is 0 Å². The number of hydrogen-bond donors (Lipinski definition) is 0. The number of aryl methyl sites for hydroxylation is 1. The highest BCUT2D eigenvalue weighted by molar-refractivity contribution is 9.08. The van der Waals surface area contributed by atoms with Gasteiger partial charge in [-0.1, -0.05) is 15.9 Å². The Morgan fingerprint density at radius 2 is 2.15 bits per heavy atom. The van der Waals surface area contributed by atoms with Crippen molar-refractivity contribution in [3.63, 3.8) is 0 Å². The van der Waals surface area contributed by atoms with E-state index in [-0.39, 0.29) is 5.16 Å². The molecule has 13 heavy (non-hydrogen) atoms. The van der Waals surface area contributed by atoms with Crippen LogP contribution in [0.5, 0.6) is 0 Å². The standard InChI is InChI=1S/C7H9BrN2O2S/c1-5-6(3-8)4-9-7(10-5)13(2,11)12/h4H,3H2,1-2H3. The van der Waals surface area contributed by atoms with Gasteiger partial charge in [-0.2, -0.15) is 0 Å². The van der Waals surface area contributed by atoms with E-state index in [0.29, 0.717) is 11.0 Å². The van der Waals surface area contributed by atoms with E-state index in [1.165, 1.54) is 6.20 Å². The number of alkyl halides is 1. The van der Waals surface area contributed by atoms with Gasteiger partial charge in [0.15, 0.2) is 0 Å². The highest BCUT2D eigenvalue weighted by Crippen LogP contribution is 2.10. The monoisotopic (exact) mass is 264 g/mol. The van der Waals surface area contributed by atoms with Crippen molar-refractivity contribution in [2.75, 3.05) is 6.26 Å². The van der Waals surface area contributed by atoms with E-state index in [1.807, 2.05) is 0 Å². The Hall–Kier alpha value is -0.490. The fourth-order valence-corrected chi connectivity index (χ4v) is 1.88. The lowest BCUT2D eigenvalue weighted by Gasteiger charge is -2.01. The largest absolute Gasteiger partial charge is 0.246 e. The summed E-state index contributed by atoms with van der Waals surface area (Å²) in [5.74, 6) is 0. The predicted octanol–water partition coefficient (Wildman–Crippen LogP) is 1.08. The first-order chi connectivity index (χ1) is 5.95. The Kier molecular flexibility index (Phi) is 3.02. The van der Waals surface area contributed by atoms with Crippen LogP contribution in [0.3, 0.4) is 0 Å². The molecule has 0 amide bonds. The van der Waals surface area contributed by atoms with Crippen molar-refractivity contribution in [2.45, 2.75) is 17.4 Å². The predicted molar refractivity (Wildman–Crippen MR) is 52.5 cm³/mol. The molecule has 0 radical (unpaired) electrons. The van der Waals surface area contributed by atoms with Crippen molar-refractivity contribution < 1.29 is 8.42 Å². The third-order valence-electron chi connectivity index (χ3n) is 1.53. The van der Waals surface area contributed by atoms with E-state index in [0.717, 1.165) is 11.8 Å². The molecule has 0 aromatic carbocycles. The summed E-state index contributed by atoms with van der Waals surface area (Å²) in [5, 5.41) is 0.512. The zero-order chi connectivity index (χ0) is 10.1. The fraction of sp³-hybridized carbons (Fsp3) is 0.429. The van der Waals surface area contributed by atoms with Gasteiger partial charge in [-0.15, -0.1) is 0 Å². The molecule has 0 bridgehead atoms. The van der Waals surface area contributed by atoms with Crippen LogP contribution in [0.15, 0.2) is 11.4 Å². The highest BCUT2D eigenvalue weighted by Gasteiger charge is 2.11. The maximum atomic E-state index is 11.0. The quantitative estimate of drug-likeness (QED) is 0.593. The summed E-state index contributed by atoms with van der Waals surface area (Å²) in [7, 11) is -3.29. The molecule has 0 unspecified atom stereocenters. The summed E-state index contributed by atoms with van der Waals surface area (Å²) in [6.45, 7) is 1.76. The summed E-state index contributed by atoms with van der Waals surface area (Å²) < 4.78 is 22.1. The Morgan fingerprint density at radius 3 is 2.54 bits per heavy atom. The molecular weight excluding hydrogens is 256 g/mol. The molecule has 0 spiro atoms. The van der Waals surface area contributed by atoms with Crippen molar-refractivity contribution in [1.82, 2.24) is 9.97 Å². The molecule has 0 atom stereocenters. The molecule has 6 heteroatoms. The van der Waals surface area contributed by atoms with E-state index in [4.69, 9.17) is 0 Å². The SMILES string of the molecule is Cc1nc(S(C)(=O)=O)ncc1CBr. The van der Waals surface area contributed by atoms with E-state index in [1.54, 1.807) is 6.92 Å². The normalized spacial score (nSPS) is 11.6. The molecule has 0 aliphatic rings. The minimum atomic E-state index is -3.29. The first-order valence-corrected chi connectivity index (χ1v) is 6.55. The van der Waals surface area contributed by atoms with Gasteiger partial charge in [0.25, 0.3) is 0 Å². The number of sulfone groups is 1. The lowest BCUT2D eigenvalue weighted by molar-refractivity contribution is 0.592. The average molecular weight is 265 g/mol. The molecule has 1 rings (SSSR count). The molecule has 1 heterocycles. The van der Waals surface area contributed by atoms with E-state index >= 15 is 0 Å². The van der Waals surface area contributed by atoms with Gasteiger partial charge in [0, 0.05) is 29.0 Å². The van der Waals surface area contributed by atoms with Gasteiger partial charge in [-0.05, 0) is 6.92 Å². The molecule has 72 valence electrons. The molecule has 0 N–H and O–H groups in total. The molecule has 1 aromatic rings. The molecule has 0 aliphatic heterocycles. The van der Waals surface area contributed by atoms with Crippen molar-refractivity contribution in [1.29, 1.82) is 0 Å². The third-order valence-corrected chi connectivity index (χ3v) is 3.00. The molecule has 0 aliphatic carbocycles. The minimum absolute atomic E-state index is 0.116. The first-order valence-electron chi connectivity index (χ1n) is 3.53. The van der Waals surface area contributed by atoms with Crippen molar-refractivity contribution >= 4 is 25.8 Å². The second-order valence-corrected chi connectivity index (χ2v) is 5.14. The van der Waals surface area contributed by atoms with Gasteiger partial charge in [-0.25, -0.2) is 18.4 Å². The highest BCUT2D eigenvalue weighted by atomic mass is 79.9. The maximum Gasteiger partial charge on any atom is 0.246 e. The lowest BCUT2D eigenvalue weighted by Crippen LogP contribution is -2.06. The molecule has 0 saturated carbocycles. The zero-order valence-corrected chi connectivity index (χ0v) is 9.68. The summed E-state index contributed by atoms with van der Waals surface area (Å²) in [4.78, 5) is 7.64. The van der Waals surface area contributed by atoms with Crippen LogP contribution in [0.4, 0.5) is 0 Å². The van der Waals surface area contributed by atoms with Crippen molar-refractivity contribution in [2.24, 2.45) is 0 Å². The minimum Gasteiger partial charge on any atom is -0.227 e. The Labute approximate surface area is 85.5 Å². The van der Waals surface area contributed by atoms with E-state index in [9.17, 15) is 8.42 Å². The number of nitrogens with zero attached hydrogens (tertiary/aromatic N) is 2. The number of halogens is 1. The van der Waals surface area contributed by atoms with Gasteiger partial charge in [0.05, 0.1) is 0 Å². The molecule has 0 saturated heterocycles.